The first kappa shape index (κ1) is 18.6. The molecule has 0 spiro atoms. The van der Waals surface area contributed by atoms with Gasteiger partial charge in [0, 0.05) is 17.6 Å². The Morgan fingerprint density at radius 3 is 2.52 bits per heavy atom. The molecule has 3 rings (SSSR count). The molecule has 5 heteroatoms. The minimum absolute atomic E-state index is 0.260. The molecular weight excluding hydrogens is 336 g/mol. The van der Waals surface area contributed by atoms with Crippen molar-refractivity contribution in [1.82, 2.24) is 9.97 Å². The summed E-state index contributed by atoms with van der Waals surface area (Å²) in [4.78, 5) is 21.2. The largest absolute Gasteiger partial charge is 0.324 e. The lowest BCUT2D eigenvalue weighted by Crippen LogP contribution is -2.15. The fraction of sp³-hybridized carbons (Fsp3) is 0.227. The summed E-state index contributed by atoms with van der Waals surface area (Å²) in [6.45, 7) is 8.26. The molecule has 0 aliphatic carbocycles. The Kier molecular flexibility index (Phi) is 5.50. The van der Waals surface area contributed by atoms with E-state index in [0.717, 1.165) is 22.5 Å². The highest BCUT2D eigenvalue weighted by molar-refractivity contribution is 6.03. The van der Waals surface area contributed by atoms with E-state index in [1.54, 1.807) is 12.3 Å². The quantitative estimate of drug-likeness (QED) is 0.655. The van der Waals surface area contributed by atoms with Gasteiger partial charge >= 0.3 is 0 Å². The van der Waals surface area contributed by atoms with Crippen LogP contribution in [-0.4, -0.2) is 15.9 Å². The average Bonchev–Trinajstić information content (AvgIpc) is 2.64. The Balaban J connectivity index is 1.80. The molecular formula is C22H24N4O. The molecule has 1 aromatic heterocycles. The van der Waals surface area contributed by atoms with Crippen LogP contribution in [0.15, 0.2) is 54.7 Å². The van der Waals surface area contributed by atoms with Crippen LogP contribution in [0.4, 0.5) is 17.3 Å². The highest BCUT2D eigenvalue weighted by Crippen LogP contribution is 2.25. The van der Waals surface area contributed by atoms with Crippen molar-refractivity contribution in [1.29, 1.82) is 0 Å². The van der Waals surface area contributed by atoms with E-state index in [4.69, 9.17) is 0 Å². The number of hydrogen-bond donors (Lipinski definition) is 2. The molecule has 0 unspecified atom stereocenters. The predicted octanol–water partition coefficient (Wildman–Crippen LogP) is 5.21. The maximum Gasteiger partial charge on any atom is 0.274 e. The fourth-order valence-electron chi connectivity index (χ4n) is 2.92. The highest BCUT2D eigenvalue weighted by atomic mass is 16.1. The SMILES string of the molecule is Cc1ccc(NC(=O)c2ccnc(Nc3ccccc3C(C)C)n2)c(C)c1. The topological polar surface area (TPSA) is 66.9 Å². The number of carbonyl (C=O) groups excluding carboxylic acids is 1. The molecule has 3 aromatic rings. The van der Waals surface area contributed by atoms with Crippen molar-refractivity contribution in [2.24, 2.45) is 0 Å². The van der Waals surface area contributed by atoms with Crippen LogP contribution >= 0.6 is 0 Å². The van der Waals surface area contributed by atoms with Crippen LogP contribution in [0.3, 0.4) is 0 Å². The van der Waals surface area contributed by atoms with E-state index < -0.39 is 0 Å². The number of nitrogens with one attached hydrogen (secondary N) is 2. The van der Waals surface area contributed by atoms with E-state index in [1.807, 2.05) is 50.2 Å². The normalized spacial score (nSPS) is 10.7. The number of benzene rings is 2. The van der Waals surface area contributed by atoms with Crippen molar-refractivity contribution in [3.05, 3.63) is 77.1 Å². The Bertz CT molecular complexity index is 966. The molecule has 138 valence electrons. The van der Waals surface area contributed by atoms with Crippen molar-refractivity contribution in [2.45, 2.75) is 33.6 Å². The zero-order valence-electron chi connectivity index (χ0n) is 16.1. The number of hydrogen-bond acceptors (Lipinski definition) is 4. The lowest BCUT2D eigenvalue weighted by molar-refractivity contribution is 0.102. The van der Waals surface area contributed by atoms with Crippen LogP contribution in [0.1, 0.15) is 46.9 Å². The van der Waals surface area contributed by atoms with Gasteiger partial charge in [0.15, 0.2) is 0 Å². The van der Waals surface area contributed by atoms with Crippen LogP contribution in [0.5, 0.6) is 0 Å². The summed E-state index contributed by atoms with van der Waals surface area (Å²) in [7, 11) is 0. The summed E-state index contributed by atoms with van der Waals surface area (Å²) < 4.78 is 0. The van der Waals surface area contributed by atoms with E-state index >= 15 is 0 Å². The van der Waals surface area contributed by atoms with Gasteiger partial charge in [0.05, 0.1) is 0 Å². The standard InChI is InChI=1S/C22H24N4O/c1-14(2)17-7-5-6-8-19(17)25-22-23-12-11-20(26-22)21(27)24-18-10-9-15(3)13-16(18)4/h5-14H,1-4H3,(H,24,27)(H,23,25,26). The summed E-state index contributed by atoms with van der Waals surface area (Å²) in [5, 5.41) is 6.15. The monoisotopic (exact) mass is 360 g/mol. The van der Waals surface area contributed by atoms with Crippen molar-refractivity contribution < 1.29 is 4.79 Å². The van der Waals surface area contributed by atoms with Gasteiger partial charge in [-0.1, -0.05) is 49.7 Å². The first-order chi connectivity index (χ1) is 12.9. The van der Waals surface area contributed by atoms with E-state index in [-0.39, 0.29) is 5.91 Å². The van der Waals surface area contributed by atoms with Gasteiger partial charge in [-0.2, -0.15) is 0 Å². The maximum absolute atomic E-state index is 12.6. The summed E-state index contributed by atoms with van der Waals surface area (Å²) in [6.07, 6.45) is 1.59. The lowest BCUT2D eigenvalue weighted by Gasteiger charge is -2.14. The minimum atomic E-state index is -0.260. The van der Waals surface area contributed by atoms with Gasteiger partial charge in [-0.3, -0.25) is 4.79 Å². The highest BCUT2D eigenvalue weighted by Gasteiger charge is 2.12. The van der Waals surface area contributed by atoms with E-state index in [9.17, 15) is 4.79 Å². The smallest absolute Gasteiger partial charge is 0.274 e. The molecule has 2 aromatic carbocycles. The van der Waals surface area contributed by atoms with E-state index in [1.165, 1.54) is 5.56 Å². The molecule has 0 atom stereocenters. The molecule has 0 saturated carbocycles. The van der Waals surface area contributed by atoms with Gasteiger partial charge in [-0.05, 0) is 49.1 Å². The van der Waals surface area contributed by atoms with E-state index in [0.29, 0.717) is 17.6 Å². The number of para-hydroxylation sites is 1. The maximum atomic E-state index is 12.6. The molecule has 0 aliphatic heterocycles. The van der Waals surface area contributed by atoms with Gasteiger partial charge in [0.25, 0.3) is 5.91 Å². The lowest BCUT2D eigenvalue weighted by atomic mass is 10.0. The Morgan fingerprint density at radius 1 is 1.00 bits per heavy atom. The number of anilines is 3. The summed E-state index contributed by atoms with van der Waals surface area (Å²) in [5.74, 6) is 0.505. The van der Waals surface area contributed by atoms with Gasteiger partial charge in [0.1, 0.15) is 5.69 Å². The Labute approximate surface area is 159 Å². The molecule has 0 saturated heterocycles. The molecule has 0 bridgehead atoms. The second-order valence-corrected chi connectivity index (χ2v) is 6.90. The second kappa shape index (κ2) is 7.99. The third kappa shape index (κ3) is 4.50. The molecule has 0 aliphatic rings. The minimum Gasteiger partial charge on any atom is -0.324 e. The summed E-state index contributed by atoms with van der Waals surface area (Å²) >= 11 is 0. The zero-order chi connectivity index (χ0) is 19.4. The molecule has 5 nitrogen and oxygen atoms in total. The Hall–Kier alpha value is -3.21. The number of rotatable bonds is 5. The molecule has 0 fully saturated rings. The van der Waals surface area contributed by atoms with Crippen molar-refractivity contribution in [2.75, 3.05) is 10.6 Å². The first-order valence-corrected chi connectivity index (χ1v) is 9.01. The zero-order valence-corrected chi connectivity index (χ0v) is 16.1. The average molecular weight is 360 g/mol. The number of aromatic nitrogens is 2. The van der Waals surface area contributed by atoms with Crippen molar-refractivity contribution in [3.63, 3.8) is 0 Å². The van der Waals surface area contributed by atoms with Crippen LogP contribution in [0.25, 0.3) is 0 Å². The van der Waals surface area contributed by atoms with Crippen molar-refractivity contribution in [3.8, 4) is 0 Å². The number of aryl methyl sites for hydroxylation is 2. The number of carbonyl (C=O) groups is 1. The molecule has 1 heterocycles. The van der Waals surface area contributed by atoms with Gasteiger partial charge in [-0.15, -0.1) is 0 Å². The van der Waals surface area contributed by atoms with E-state index in [2.05, 4.69) is 40.5 Å². The van der Waals surface area contributed by atoms with Gasteiger partial charge < -0.3 is 10.6 Å². The van der Waals surface area contributed by atoms with Crippen LogP contribution < -0.4 is 10.6 Å². The van der Waals surface area contributed by atoms with Crippen LogP contribution in [0.2, 0.25) is 0 Å². The number of nitrogens with zero attached hydrogens (tertiary/aromatic N) is 2. The first-order valence-electron chi connectivity index (χ1n) is 9.01. The van der Waals surface area contributed by atoms with Gasteiger partial charge in [-0.25, -0.2) is 9.97 Å². The third-order valence-corrected chi connectivity index (χ3v) is 4.35. The summed E-state index contributed by atoms with van der Waals surface area (Å²) in [6, 6.07) is 15.6. The van der Waals surface area contributed by atoms with Crippen LogP contribution in [0, 0.1) is 13.8 Å². The molecule has 1 amide bonds. The number of amides is 1. The fourth-order valence-corrected chi connectivity index (χ4v) is 2.92. The van der Waals surface area contributed by atoms with Gasteiger partial charge in [0.2, 0.25) is 5.95 Å². The van der Waals surface area contributed by atoms with Crippen LogP contribution in [-0.2, 0) is 0 Å². The summed E-state index contributed by atoms with van der Waals surface area (Å²) in [5.41, 5.74) is 5.38. The molecule has 27 heavy (non-hydrogen) atoms. The Morgan fingerprint density at radius 2 is 1.78 bits per heavy atom. The van der Waals surface area contributed by atoms with Crippen molar-refractivity contribution >= 4 is 23.2 Å². The predicted molar refractivity (Wildman–Crippen MR) is 110 cm³/mol. The molecule has 2 N–H and O–H groups in total. The second-order valence-electron chi connectivity index (χ2n) is 6.90. The third-order valence-electron chi connectivity index (χ3n) is 4.35. The molecule has 0 radical (unpaired) electrons.